The van der Waals surface area contributed by atoms with Crippen LogP contribution in [0, 0.1) is 0 Å². The van der Waals surface area contributed by atoms with Gasteiger partial charge in [-0.25, -0.2) is 0 Å². The van der Waals surface area contributed by atoms with Crippen LogP contribution in [0.4, 0.5) is 5.69 Å². The standard InChI is InChI=1S/C23H20BrNO4/c24-17-9-10-20-19(15-17)23(28-13-14-29-23)22(26)25(20)11-4-12-27-21-8-3-6-16-5-1-2-7-18(16)21/h1-3,5-10,15H,4,11-14H2. The Kier molecular flexibility index (Phi) is 4.78. The molecule has 1 spiro atoms. The van der Waals surface area contributed by atoms with Gasteiger partial charge in [0.05, 0.1) is 25.5 Å². The summed E-state index contributed by atoms with van der Waals surface area (Å²) in [4.78, 5) is 14.9. The van der Waals surface area contributed by atoms with Crippen molar-refractivity contribution in [2.75, 3.05) is 31.3 Å². The Morgan fingerprint density at radius 2 is 1.83 bits per heavy atom. The van der Waals surface area contributed by atoms with Crippen molar-refractivity contribution in [3.05, 3.63) is 70.7 Å². The zero-order valence-corrected chi connectivity index (χ0v) is 17.4. The molecule has 5 nitrogen and oxygen atoms in total. The zero-order chi connectivity index (χ0) is 19.8. The molecular weight excluding hydrogens is 434 g/mol. The normalized spacial score (nSPS) is 17.3. The number of carbonyl (C=O) groups excluding carboxylic acids is 1. The van der Waals surface area contributed by atoms with E-state index in [9.17, 15) is 4.79 Å². The quantitative estimate of drug-likeness (QED) is 0.528. The molecule has 0 bridgehead atoms. The first-order valence-corrected chi connectivity index (χ1v) is 10.5. The van der Waals surface area contributed by atoms with Crippen molar-refractivity contribution < 1.29 is 19.0 Å². The van der Waals surface area contributed by atoms with Gasteiger partial charge < -0.3 is 19.1 Å². The lowest BCUT2D eigenvalue weighted by Gasteiger charge is -2.22. The number of benzene rings is 3. The first-order valence-electron chi connectivity index (χ1n) is 9.69. The Balaban J connectivity index is 1.31. The molecule has 2 heterocycles. The van der Waals surface area contributed by atoms with Crippen molar-refractivity contribution >= 4 is 38.3 Å². The number of halogens is 1. The van der Waals surface area contributed by atoms with Crippen LogP contribution in [-0.2, 0) is 20.1 Å². The molecule has 3 aromatic rings. The van der Waals surface area contributed by atoms with Crippen molar-refractivity contribution in [2.45, 2.75) is 12.2 Å². The summed E-state index contributed by atoms with van der Waals surface area (Å²) in [5, 5.41) is 2.24. The highest BCUT2D eigenvalue weighted by molar-refractivity contribution is 9.10. The van der Waals surface area contributed by atoms with Crippen LogP contribution in [0.5, 0.6) is 5.75 Å². The first kappa shape index (κ1) is 18.6. The summed E-state index contributed by atoms with van der Waals surface area (Å²) in [5.41, 5.74) is 1.61. The van der Waals surface area contributed by atoms with Crippen LogP contribution in [0.2, 0.25) is 0 Å². The molecule has 1 saturated heterocycles. The third kappa shape index (κ3) is 3.12. The van der Waals surface area contributed by atoms with Gasteiger partial charge in [0, 0.05) is 22.0 Å². The van der Waals surface area contributed by atoms with Crippen LogP contribution in [0.15, 0.2) is 65.1 Å². The molecule has 0 radical (unpaired) electrons. The topological polar surface area (TPSA) is 48.0 Å². The van der Waals surface area contributed by atoms with E-state index in [0.717, 1.165) is 32.2 Å². The largest absolute Gasteiger partial charge is 0.493 e. The number of hydrogen-bond acceptors (Lipinski definition) is 4. The molecule has 0 N–H and O–H groups in total. The summed E-state index contributed by atoms with van der Waals surface area (Å²) in [5.74, 6) is -0.595. The molecule has 29 heavy (non-hydrogen) atoms. The van der Waals surface area contributed by atoms with E-state index in [1.54, 1.807) is 4.90 Å². The van der Waals surface area contributed by atoms with Crippen molar-refractivity contribution in [1.29, 1.82) is 0 Å². The maximum atomic E-state index is 13.2. The fourth-order valence-corrected chi connectivity index (χ4v) is 4.41. The van der Waals surface area contributed by atoms with Crippen LogP contribution in [0.1, 0.15) is 12.0 Å². The molecular formula is C23H20BrNO4. The van der Waals surface area contributed by atoms with Crippen LogP contribution in [-0.4, -0.2) is 32.3 Å². The van der Waals surface area contributed by atoms with Gasteiger partial charge in [0.1, 0.15) is 5.75 Å². The number of ether oxygens (including phenoxy) is 3. The Labute approximate surface area is 177 Å². The third-order valence-electron chi connectivity index (χ3n) is 5.36. The average Bonchev–Trinajstić information content (AvgIpc) is 3.32. The lowest BCUT2D eigenvalue weighted by atomic mass is 10.1. The van der Waals surface area contributed by atoms with E-state index in [4.69, 9.17) is 14.2 Å². The second-order valence-corrected chi connectivity index (χ2v) is 8.03. The van der Waals surface area contributed by atoms with Gasteiger partial charge in [-0.05, 0) is 36.1 Å². The van der Waals surface area contributed by atoms with Gasteiger partial charge in [0.25, 0.3) is 11.7 Å². The average molecular weight is 454 g/mol. The molecule has 0 atom stereocenters. The number of hydrogen-bond donors (Lipinski definition) is 0. The number of carbonyl (C=O) groups is 1. The van der Waals surface area contributed by atoms with E-state index in [-0.39, 0.29) is 5.91 Å². The number of nitrogens with zero attached hydrogens (tertiary/aromatic N) is 1. The Morgan fingerprint density at radius 3 is 2.69 bits per heavy atom. The molecule has 2 aliphatic heterocycles. The van der Waals surface area contributed by atoms with E-state index in [1.165, 1.54) is 0 Å². The van der Waals surface area contributed by atoms with Gasteiger partial charge >= 0.3 is 0 Å². The van der Waals surface area contributed by atoms with Crippen molar-refractivity contribution in [1.82, 2.24) is 0 Å². The van der Waals surface area contributed by atoms with Gasteiger partial charge in [-0.1, -0.05) is 52.3 Å². The van der Waals surface area contributed by atoms with Gasteiger partial charge in [0.2, 0.25) is 0 Å². The minimum atomic E-state index is -1.30. The Bertz CT molecular complexity index is 1070. The summed E-state index contributed by atoms with van der Waals surface area (Å²) in [6, 6.07) is 20.0. The maximum Gasteiger partial charge on any atom is 0.292 e. The minimum Gasteiger partial charge on any atom is -0.493 e. The van der Waals surface area contributed by atoms with Crippen LogP contribution in [0.3, 0.4) is 0 Å². The van der Waals surface area contributed by atoms with Gasteiger partial charge in [-0.2, -0.15) is 0 Å². The van der Waals surface area contributed by atoms with Crippen molar-refractivity contribution in [2.24, 2.45) is 0 Å². The highest BCUT2D eigenvalue weighted by Gasteiger charge is 2.55. The summed E-state index contributed by atoms with van der Waals surface area (Å²) in [6.45, 7) is 1.87. The fraction of sp³-hybridized carbons (Fsp3) is 0.261. The smallest absolute Gasteiger partial charge is 0.292 e. The highest BCUT2D eigenvalue weighted by Crippen LogP contribution is 2.46. The summed E-state index contributed by atoms with van der Waals surface area (Å²) < 4.78 is 18.5. The van der Waals surface area contributed by atoms with Crippen molar-refractivity contribution in [3.8, 4) is 5.75 Å². The van der Waals surface area contributed by atoms with E-state index >= 15 is 0 Å². The molecule has 0 aliphatic carbocycles. The van der Waals surface area contributed by atoms with Crippen LogP contribution < -0.4 is 9.64 Å². The molecule has 3 aromatic carbocycles. The predicted octanol–water partition coefficient (Wildman–Crippen LogP) is 4.62. The molecule has 1 fully saturated rings. The summed E-state index contributed by atoms with van der Waals surface area (Å²) in [7, 11) is 0. The van der Waals surface area contributed by atoms with E-state index in [2.05, 4.69) is 34.1 Å². The first-order chi connectivity index (χ1) is 14.2. The lowest BCUT2D eigenvalue weighted by Crippen LogP contribution is -2.41. The Hall–Kier alpha value is -2.41. The van der Waals surface area contributed by atoms with Crippen LogP contribution >= 0.6 is 15.9 Å². The molecule has 1 amide bonds. The van der Waals surface area contributed by atoms with Gasteiger partial charge in [0.15, 0.2) is 0 Å². The van der Waals surface area contributed by atoms with E-state index in [0.29, 0.717) is 32.8 Å². The van der Waals surface area contributed by atoms with E-state index in [1.807, 2.05) is 42.5 Å². The fourth-order valence-electron chi connectivity index (χ4n) is 4.05. The van der Waals surface area contributed by atoms with Crippen LogP contribution in [0.25, 0.3) is 10.8 Å². The molecule has 0 saturated carbocycles. The molecule has 5 rings (SSSR count). The minimum absolute atomic E-state index is 0.159. The lowest BCUT2D eigenvalue weighted by molar-refractivity contribution is -0.180. The van der Waals surface area contributed by atoms with Gasteiger partial charge in [-0.15, -0.1) is 0 Å². The molecule has 0 unspecified atom stereocenters. The summed E-state index contributed by atoms with van der Waals surface area (Å²) in [6.07, 6.45) is 0.695. The van der Waals surface area contributed by atoms with E-state index < -0.39 is 5.79 Å². The van der Waals surface area contributed by atoms with Gasteiger partial charge in [-0.3, -0.25) is 4.79 Å². The number of amides is 1. The molecule has 148 valence electrons. The summed E-state index contributed by atoms with van der Waals surface area (Å²) >= 11 is 3.48. The molecule has 0 aromatic heterocycles. The second-order valence-electron chi connectivity index (χ2n) is 7.11. The number of anilines is 1. The number of fused-ring (bicyclic) bond motifs is 3. The SMILES string of the molecule is O=C1N(CCCOc2cccc3ccccc23)c2ccc(Br)cc2C12OCCO2. The Morgan fingerprint density at radius 1 is 1.03 bits per heavy atom. The number of rotatable bonds is 5. The molecule has 2 aliphatic rings. The second kappa shape index (κ2) is 7.44. The van der Waals surface area contributed by atoms with Crippen molar-refractivity contribution in [3.63, 3.8) is 0 Å². The molecule has 6 heteroatoms. The zero-order valence-electron chi connectivity index (χ0n) is 15.8. The maximum absolute atomic E-state index is 13.2. The predicted molar refractivity (Wildman–Crippen MR) is 114 cm³/mol. The third-order valence-corrected chi connectivity index (χ3v) is 5.85. The monoisotopic (exact) mass is 453 g/mol. The highest BCUT2D eigenvalue weighted by atomic mass is 79.9.